The van der Waals surface area contributed by atoms with Crippen LogP contribution in [0.5, 0.6) is 0 Å². The number of hydrogen-bond donors (Lipinski definition) is 1. The number of thiazole rings is 1. The van der Waals surface area contributed by atoms with Crippen LogP contribution in [0.15, 0.2) is 32.2 Å². The predicted octanol–water partition coefficient (Wildman–Crippen LogP) is 2.17. The lowest BCUT2D eigenvalue weighted by Gasteiger charge is -2.37. The zero-order valence-corrected chi connectivity index (χ0v) is 17.3. The molecule has 0 unspecified atom stereocenters. The van der Waals surface area contributed by atoms with Gasteiger partial charge in [-0.05, 0) is 25.3 Å². The molecule has 28 heavy (non-hydrogen) atoms. The molecule has 0 aliphatic carbocycles. The van der Waals surface area contributed by atoms with Crippen LogP contribution in [0.25, 0.3) is 9.88 Å². The number of amides is 1. The molecular weight excluding hydrogens is 398 g/mol. The predicted molar refractivity (Wildman–Crippen MR) is 107 cm³/mol. The van der Waals surface area contributed by atoms with Crippen LogP contribution >= 0.6 is 22.7 Å². The summed E-state index contributed by atoms with van der Waals surface area (Å²) in [5.74, 6) is 0.0504. The molecule has 3 aromatic heterocycles. The van der Waals surface area contributed by atoms with E-state index in [1.807, 2.05) is 41.6 Å². The summed E-state index contributed by atoms with van der Waals surface area (Å²) >= 11 is 3.23. The molecule has 1 saturated heterocycles. The van der Waals surface area contributed by atoms with E-state index in [1.54, 1.807) is 22.7 Å². The second-order valence-corrected chi connectivity index (χ2v) is 9.06. The quantitative estimate of drug-likeness (QED) is 0.681. The Hall–Kier alpha value is -2.30. The van der Waals surface area contributed by atoms with E-state index in [1.165, 1.54) is 0 Å². The fraction of sp³-hybridized carbons (Fsp3) is 0.444. The number of carbonyl (C=O) groups excluding carboxylic acids is 1. The van der Waals surface area contributed by atoms with Crippen LogP contribution in [0.4, 0.5) is 0 Å². The molecule has 1 fully saturated rings. The number of aromatic amines is 1. The van der Waals surface area contributed by atoms with Crippen LogP contribution in [-0.4, -0.2) is 57.0 Å². The summed E-state index contributed by atoms with van der Waals surface area (Å²) in [6.45, 7) is 7.08. The van der Waals surface area contributed by atoms with Gasteiger partial charge < -0.3 is 4.90 Å². The standard InChI is InChI=1S/C18H21N5O3S2/c1-18(2,13-11-28-15(19-13)12-4-3-9-27-12)16(24)23-7-5-22(6-8-23)10-14-20-17(25)26-21-14/h3-4,9,11H,5-8,10H2,1-2H3,(H,20,21,25). The molecule has 0 atom stereocenters. The number of nitrogens with one attached hydrogen (secondary N) is 1. The van der Waals surface area contributed by atoms with E-state index in [0.29, 0.717) is 38.5 Å². The lowest BCUT2D eigenvalue weighted by Crippen LogP contribution is -2.53. The summed E-state index contributed by atoms with van der Waals surface area (Å²) < 4.78 is 4.53. The molecule has 4 heterocycles. The normalized spacial score (nSPS) is 15.9. The number of piperazine rings is 1. The summed E-state index contributed by atoms with van der Waals surface area (Å²) in [7, 11) is 0. The molecule has 8 nitrogen and oxygen atoms in total. The molecule has 0 bridgehead atoms. The maximum Gasteiger partial charge on any atom is 0.438 e. The summed E-state index contributed by atoms with van der Waals surface area (Å²) in [6.07, 6.45) is 0. The van der Waals surface area contributed by atoms with Gasteiger partial charge in [0.1, 0.15) is 5.01 Å². The van der Waals surface area contributed by atoms with Gasteiger partial charge in [0, 0.05) is 31.6 Å². The van der Waals surface area contributed by atoms with E-state index >= 15 is 0 Å². The summed E-state index contributed by atoms with van der Waals surface area (Å²) in [5, 5.41) is 8.67. The fourth-order valence-corrected chi connectivity index (χ4v) is 5.03. The zero-order valence-electron chi connectivity index (χ0n) is 15.7. The van der Waals surface area contributed by atoms with Crippen LogP contribution in [0.2, 0.25) is 0 Å². The van der Waals surface area contributed by atoms with Crippen LogP contribution in [-0.2, 0) is 16.8 Å². The third-order valence-electron chi connectivity index (χ3n) is 4.93. The lowest BCUT2D eigenvalue weighted by atomic mass is 9.88. The Balaban J connectivity index is 1.39. The first kappa shape index (κ1) is 19.0. The van der Waals surface area contributed by atoms with Crippen molar-refractivity contribution in [1.29, 1.82) is 0 Å². The summed E-state index contributed by atoms with van der Waals surface area (Å²) in [6, 6.07) is 4.05. The van der Waals surface area contributed by atoms with E-state index in [4.69, 9.17) is 4.98 Å². The van der Waals surface area contributed by atoms with Gasteiger partial charge in [0.15, 0.2) is 5.82 Å². The van der Waals surface area contributed by atoms with E-state index in [0.717, 1.165) is 15.6 Å². The van der Waals surface area contributed by atoms with Crippen molar-refractivity contribution in [2.45, 2.75) is 25.8 Å². The molecule has 4 rings (SSSR count). The minimum atomic E-state index is -0.675. The number of aromatic nitrogens is 3. The maximum absolute atomic E-state index is 13.2. The molecule has 0 spiro atoms. The number of hydrogen-bond acceptors (Lipinski definition) is 8. The largest absolute Gasteiger partial charge is 0.438 e. The molecule has 1 N–H and O–H groups in total. The van der Waals surface area contributed by atoms with Crippen molar-refractivity contribution < 1.29 is 9.32 Å². The van der Waals surface area contributed by atoms with Gasteiger partial charge in [-0.15, -0.1) is 22.7 Å². The first-order chi connectivity index (χ1) is 13.4. The lowest BCUT2D eigenvalue weighted by molar-refractivity contribution is -0.138. The van der Waals surface area contributed by atoms with Crippen molar-refractivity contribution in [3.8, 4) is 9.88 Å². The number of rotatable bonds is 5. The van der Waals surface area contributed by atoms with Gasteiger partial charge in [0.25, 0.3) is 0 Å². The van der Waals surface area contributed by atoms with Crippen molar-refractivity contribution >= 4 is 28.6 Å². The van der Waals surface area contributed by atoms with E-state index < -0.39 is 11.2 Å². The Morgan fingerprint density at radius 1 is 1.29 bits per heavy atom. The van der Waals surface area contributed by atoms with Crippen LogP contribution in [0, 0.1) is 0 Å². The molecule has 3 aromatic rings. The third kappa shape index (κ3) is 3.80. The summed E-state index contributed by atoms with van der Waals surface area (Å²) in [4.78, 5) is 36.7. The second kappa shape index (κ2) is 7.61. The number of thiophene rings is 1. The number of nitrogens with zero attached hydrogens (tertiary/aromatic N) is 4. The number of H-pyrrole nitrogens is 1. The Bertz CT molecular complexity index is 997. The van der Waals surface area contributed by atoms with Gasteiger partial charge >= 0.3 is 5.76 Å². The topological polar surface area (TPSA) is 95.3 Å². The molecule has 0 aromatic carbocycles. The highest BCUT2D eigenvalue weighted by atomic mass is 32.1. The van der Waals surface area contributed by atoms with Crippen LogP contribution in [0.1, 0.15) is 25.4 Å². The highest BCUT2D eigenvalue weighted by Gasteiger charge is 2.37. The maximum atomic E-state index is 13.2. The highest BCUT2D eigenvalue weighted by molar-refractivity contribution is 7.20. The molecule has 1 aliphatic heterocycles. The highest BCUT2D eigenvalue weighted by Crippen LogP contribution is 2.33. The average Bonchev–Trinajstić information content (AvgIpc) is 3.43. The molecule has 10 heteroatoms. The first-order valence-electron chi connectivity index (χ1n) is 9.00. The molecule has 148 valence electrons. The van der Waals surface area contributed by atoms with E-state index in [-0.39, 0.29) is 5.91 Å². The van der Waals surface area contributed by atoms with Crippen molar-refractivity contribution in [3.05, 3.63) is 45.0 Å². The minimum absolute atomic E-state index is 0.0880. The van der Waals surface area contributed by atoms with Gasteiger partial charge in [0.05, 0.1) is 22.5 Å². The van der Waals surface area contributed by atoms with Crippen molar-refractivity contribution in [1.82, 2.24) is 24.9 Å². The minimum Gasteiger partial charge on any atom is -0.339 e. The van der Waals surface area contributed by atoms with Crippen molar-refractivity contribution in [2.75, 3.05) is 26.2 Å². The monoisotopic (exact) mass is 419 g/mol. The zero-order chi connectivity index (χ0) is 19.7. The first-order valence-corrected chi connectivity index (χ1v) is 10.8. The average molecular weight is 420 g/mol. The van der Waals surface area contributed by atoms with Crippen LogP contribution < -0.4 is 5.76 Å². The summed E-state index contributed by atoms with van der Waals surface area (Å²) in [5.41, 5.74) is 0.138. The van der Waals surface area contributed by atoms with Crippen molar-refractivity contribution in [3.63, 3.8) is 0 Å². The second-order valence-electron chi connectivity index (χ2n) is 7.25. The van der Waals surface area contributed by atoms with Gasteiger partial charge in [-0.1, -0.05) is 11.2 Å². The Kier molecular flexibility index (Phi) is 5.17. The molecule has 0 radical (unpaired) electrons. The fourth-order valence-electron chi connectivity index (χ4n) is 3.23. The van der Waals surface area contributed by atoms with E-state index in [2.05, 4.69) is 19.6 Å². The molecule has 1 amide bonds. The van der Waals surface area contributed by atoms with E-state index in [9.17, 15) is 9.59 Å². The van der Waals surface area contributed by atoms with Gasteiger partial charge in [-0.25, -0.2) is 9.78 Å². The Labute approximate surface area is 169 Å². The van der Waals surface area contributed by atoms with Crippen LogP contribution in [0.3, 0.4) is 0 Å². The molecular formula is C18H21N5O3S2. The SMILES string of the molecule is CC(C)(C(=O)N1CCN(Cc2noc(=O)[nH]2)CC1)c1csc(-c2cccs2)n1. The van der Waals surface area contributed by atoms with Gasteiger partial charge in [0.2, 0.25) is 5.91 Å². The van der Waals surface area contributed by atoms with Gasteiger partial charge in [-0.3, -0.25) is 19.2 Å². The Morgan fingerprint density at radius 2 is 2.07 bits per heavy atom. The smallest absolute Gasteiger partial charge is 0.339 e. The molecule has 1 aliphatic rings. The Morgan fingerprint density at radius 3 is 2.71 bits per heavy atom. The van der Waals surface area contributed by atoms with Gasteiger partial charge in [-0.2, -0.15) is 0 Å². The third-order valence-corrected chi connectivity index (χ3v) is 6.81. The number of carbonyl (C=O) groups is 1. The molecule has 0 saturated carbocycles. The van der Waals surface area contributed by atoms with Crippen molar-refractivity contribution in [2.24, 2.45) is 0 Å².